The zero-order chi connectivity index (χ0) is 10.6. The van der Waals surface area contributed by atoms with Crippen LogP contribution in [0, 0.1) is 11.8 Å². The van der Waals surface area contributed by atoms with Gasteiger partial charge in [-0.1, -0.05) is 23.4 Å². The number of amides is 1. The first-order chi connectivity index (χ1) is 6.59. The molecule has 0 aliphatic heterocycles. The van der Waals surface area contributed by atoms with Crippen LogP contribution in [0.4, 0.5) is 0 Å². The van der Waals surface area contributed by atoms with E-state index < -0.39 is 5.91 Å². The molecular formula is C10H8ClNO2. The standard InChI is InChI=1S/C10H8ClNO2/c11-8-6-7(4-5-9(8)13)2-1-3-10(12)14/h4-6,13H,3H2,(H2,12,14). The Hall–Kier alpha value is -1.66. The quantitative estimate of drug-likeness (QED) is 0.685. The molecule has 0 atom stereocenters. The molecule has 0 unspecified atom stereocenters. The lowest BCUT2D eigenvalue weighted by Crippen LogP contribution is -2.08. The maximum absolute atomic E-state index is 10.4. The van der Waals surface area contributed by atoms with Gasteiger partial charge in [0.2, 0.25) is 5.91 Å². The maximum Gasteiger partial charge on any atom is 0.229 e. The van der Waals surface area contributed by atoms with Gasteiger partial charge in [-0.25, -0.2) is 0 Å². The van der Waals surface area contributed by atoms with Crippen molar-refractivity contribution in [3.63, 3.8) is 0 Å². The Morgan fingerprint density at radius 2 is 2.29 bits per heavy atom. The lowest BCUT2D eigenvalue weighted by atomic mass is 10.2. The van der Waals surface area contributed by atoms with Crippen LogP contribution in [-0.2, 0) is 4.79 Å². The molecule has 0 aliphatic rings. The third-order valence-corrected chi connectivity index (χ3v) is 1.75. The van der Waals surface area contributed by atoms with Crippen LogP contribution >= 0.6 is 11.6 Å². The summed E-state index contributed by atoms with van der Waals surface area (Å²) < 4.78 is 0. The first-order valence-electron chi connectivity index (χ1n) is 3.85. The number of benzene rings is 1. The van der Waals surface area contributed by atoms with Gasteiger partial charge in [0, 0.05) is 5.56 Å². The van der Waals surface area contributed by atoms with Crippen LogP contribution < -0.4 is 5.73 Å². The van der Waals surface area contributed by atoms with Crippen LogP contribution in [0.2, 0.25) is 5.02 Å². The summed E-state index contributed by atoms with van der Waals surface area (Å²) in [6.07, 6.45) is 0.0124. The first kappa shape index (κ1) is 10.4. The molecule has 14 heavy (non-hydrogen) atoms. The summed E-state index contributed by atoms with van der Waals surface area (Å²) in [4.78, 5) is 10.4. The van der Waals surface area contributed by atoms with Gasteiger partial charge in [-0.3, -0.25) is 4.79 Å². The van der Waals surface area contributed by atoms with Crippen LogP contribution in [0.3, 0.4) is 0 Å². The Morgan fingerprint density at radius 1 is 1.57 bits per heavy atom. The number of aromatic hydroxyl groups is 1. The van der Waals surface area contributed by atoms with Crippen molar-refractivity contribution in [1.82, 2.24) is 0 Å². The smallest absolute Gasteiger partial charge is 0.229 e. The van der Waals surface area contributed by atoms with E-state index in [-0.39, 0.29) is 17.2 Å². The minimum Gasteiger partial charge on any atom is -0.506 e. The van der Waals surface area contributed by atoms with Gasteiger partial charge in [0.15, 0.2) is 0 Å². The van der Waals surface area contributed by atoms with Gasteiger partial charge in [0.1, 0.15) is 5.75 Å². The van der Waals surface area contributed by atoms with E-state index in [1.54, 1.807) is 6.07 Å². The van der Waals surface area contributed by atoms with Crippen molar-refractivity contribution in [3.8, 4) is 17.6 Å². The molecule has 0 aliphatic carbocycles. The Kier molecular flexibility index (Phi) is 3.38. The molecular weight excluding hydrogens is 202 g/mol. The minimum atomic E-state index is -0.470. The molecule has 4 heteroatoms. The van der Waals surface area contributed by atoms with E-state index in [1.807, 2.05) is 0 Å². The average Bonchev–Trinajstić information content (AvgIpc) is 2.10. The Morgan fingerprint density at radius 3 is 2.86 bits per heavy atom. The molecule has 0 saturated heterocycles. The highest BCUT2D eigenvalue weighted by atomic mass is 35.5. The van der Waals surface area contributed by atoms with Gasteiger partial charge in [0.25, 0.3) is 0 Å². The van der Waals surface area contributed by atoms with E-state index in [4.69, 9.17) is 22.4 Å². The van der Waals surface area contributed by atoms with Crippen LogP contribution in [0.15, 0.2) is 18.2 Å². The Balaban J connectivity index is 2.81. The van der Waals surface area contributed by atoms with Gasteiger partial charge in [-0.15, -0.1) is 0 Å². The third-order valence-electron chi connectivity index (χ3n) is 1.44. The number of carbonyl (C=O) groups is 1. The molecule has 0 saturated carbocycles. The summed E-state index contributed by atoms with van der Waals surface area (Å²) in [7, 11) is 0. The summed E-state index contributed by atoms with van der Waals surface area (Å²) >= 11 is 5.65. The van der Waals surface area contributed by atoms with Crippen LogP contribution in [-0.4, -0.2) is 11.0 Å². The van der Waals surface area contributed by atoms with E-state index in [0.717, 1.165) is 0 Å². The van der Waals surface area contributed by atoms with E-state index in [2.05, 4.69) is 11.8 Å². The molecule has 3 N–H and O–H groups in total. The molecule has 3 nitrogen and oxygen atoms in total. The second-order valence-corrected chi connectivity index (χ2v) is 3.02. The molecule has 0 bridgehead atoms. The molecule has 0 heterocycles. The molecule has 0 aromatic heterocycles. The molecule has 0 spiro atoms. The molecule has 1 rings (SSSR count). The number of carbonyl (C=O) groups excluding carboxylic acids is 1. The number of phenols is 1. The molecule has 1 aromatic rings. The van der Waals surface area contributed by atoms with Crippen molar-refractivity contribution in [2.24, 2.45) is 5.73 Å². The second kappa shape index (κ2) is 4.54. The average molecular weight is 210 g/mol. The molecule has 1 amide bonds. The first-order valence-corrected chi connectivity index (χ1v) is 4.23. The molecule has 0 radical (unpaired) electrons. The lowest BCUT2D eigenvalue weighted by molar-refractivity contribution is -0.117. The molecule has 0 fully saturated rings. The summed E-state index contributed by atoms with van der Waals surface area (Å²) in [6.45, 7) is 0. The highest BCUT2D eigenvalue weighted by Gasteiger charge is 1.96. The topological polar surface area (TPSA) is 63.3 Å². The molecule has 1 aromatic carbocycles. The zero-order valence-corrected chi connectivity index (χ0v) is 8.01. The monoisotopic (exact) mass is 209 g/mol. The van der Waals surface area contributed by atoms with Crippen molar-refractivity contribution in [1.29, 1.82) is 0 Å². The summed E-state index contributed by atoms with van der Waals surface area (Å²) in [5, 5.41) is 9.34. The normalized spacial score (nSPS) is 8.93. The summed E-state index contributed by atoms with van der Waals surface area (Å²) in [5.41, 5.74) is 5.54. The van der Waals surface area contributed by atoms with E-state index in [1.165, 1.54) is 12.1 Å². The number of nitrogens with two attached hydrogens (primary N) is 1. The van der Waals surface area contributed by atoms with Crippen molar-refractivity contribution in [2.75, 3.05) is 0 Å². The van der Waals surface area contributed by atoms with Gasteiger partial charge in [-0.2, -0.15) is 0 Å². The van der Waals surface area contributed by atoms with E-state index in [9.17, 15) is 4.79 Å². The highest BCUT2D eigenvalue weighted by molar-refractivity contribution is 6.32. The summed E-state index contributed by atoms with van der Waals surface area (Å²) in [6, 6.07) is 4.57. The van der Waals surface area contributed by atoms with E-state index in [0.29, 0.717) is 5.56 Å². The fourth-order valence-corrected chi connectivity index (χ4v) is 0.999. The number of phenolic OH excluding ortho intramolecular Hbond substituents is 1. The minimum absolute atomic E-state index is 0.00659. The van der Waals surface area contributed by atoms with Crippen LogP contribution in [0.1, 0.15) is 12.0 Å². The predicted molar refractivity (Wildman–Crippen MR) is 53.8 cm³/mol. The zero-order valence-electron chi connectivity index (χ0n) is 7.25. The summed E-state index contributed by atoms with van der Waals surface area (Å²) in [5.74, 6) is 4.82. The highest BCUT2D eigenvalue weighted by Crippen LogP contribution is 2.22. The Labute approximate surface area is 86.5 Å². The van der Waals surface area contributed by atoms with E-state index >= 15 is 0 Å². The fraction of sp³-hybridized carbons (Fsp3) is 0.100. The van der Waals surface area contributed by atoms with Crippen molar-refractivity contribution >= 4 is 17.5 Å². The lowest BCUT2D eigenvalue weighted by Gasteiger charge is -1.95. The third kappa shape index (κ3) is 3.00. The van der Waals surface area contributed by atoms with Crippen LogP contribution in [0.25, 0.3) is 0 Å². The molecule has 72 valence electrons. The predicted octanol–water partition coefficient (Wildman–Crippen LogP) is 1.27. The van der Waals surface area contributed by atoms with Crippen molar-refractivity contribution < 1.29 is 9.90 Å². The van der Waals surface area contributed by atoms with Gasteiger partial charge < -0.3 is 10.8 Å². The Bertz CT molecular complexity index is 418. The van der Waals surface area contributed by atoms with Crippen LogP contribution in [0.5, 0.6) is 5.75 Å². The number of primary amides is 1. The van der Waals surface area contributed by atoms with Gasteiger partial charge in [0.05, 0.1) is 11.4 Å². The maximum atomic E-state index is 10.4. The second-order valence-electron chi connectivity index (χ2n) is 2.61. The fourth-order valence-electron chi connectivity index (χ4n) is 0.818. The van der Waals surface area contributed by atoms with Gasteiger partial charge >= 0.3 is 0 Å². The SMILES string of the molecule is NC(=O)CC#Cc1ccc(O)c(Cl)c1. The number of hydrogen-bond donors (Lipinski definition) is 2. The van der Waals surface area contributed by atoms with Gasteiger partial charge in [-0.05, 0) is 18.2 Å². The largest absolute Gasteiger partial charge is 0.506 e. The van der Waals surface area contributed by atoms with Crippen molar-refractivity contribution in [3.05, 3.63) is 28.8 Å². The number of rotatable bonds is 1. The van der Waals surface area contributed by atoms with Crippen molar-refractivity contribution in [2.45, 2.75) is 6.42 Å². The number of halogens is 1. The number of hydrogen-bond acceptors (Lipinski definition) is 2.